The fourth-order valence-electron chi connectivity index (χ4n) is 0.886. The smallest absolute Gasteiger partial charge is 0.115 e. The molecule has 0 saturated carbocycles. The number of hydrogen-bond donors (Lipinski definition) is 1. The summed E-state index contributed by atoms with van der Waals surface area (Å²) >= 11 is 0. The molecular weight excluding hydrogens is 141 g/mol. The van der Waals surface area contributed by atoms with Crippen LogP contribution in [-0.2, 0) is 0 Å². The average molecular weight is 161 g/mol. The maximum absolute atomic E-state index is 13.2. The molecule has 0 saturated heterocycles. The minimum Gasteiger partial charge on any atom is -0.314 e. The first-order chi connectivity index (χ1) is 5.09. The first-order valence-electron chi connectivity index (χ1n) is 4.44. The molecule has 0 rings (SSSR count). The van der Waals surface area contributed by atoms with Crippen molar-refractivity contribution in [2.75, 3.05) is 13.1 Å². The molecule has 0 aliphatic rings. The van der Waals surface area contributed by atoms with E-state index in [0.29, 0.717) is 12.5 Å². The van der Waals surface area contributed by atoms with Crippen molar-refractivity contribution in [3.05, 3.63) is 0 Å². The van der Waals surface area contributed by atoms with E-state index in [-0.39, 0.29) is 5.92 Å². The maximum Gasteiger partial charge on any atom is 0.115 e. The van der Waals surface area contributed by atoms with Gasteiger partial charge in [-0.2, -0.15) is 0 Å². The van der Waals surface area contributed by atoms with Crippen LogP contribution in [0.25, 0.3) is 0 Å². The number of hydrogen-bond acceptors (Lipinski definition) is 1. The number of halogens is 1. The van der Waals surface area contributed by atoms with E-state index in [1.54, 1.807) is 0 Å². The Bertz CT molecular complexity index is 93.6. The Morgan fingerprint density at radius 1 is 1.27 bits per heavy atom. The third kappa shape index (κ3) is 4.35. The van der Waals surface area contributed by atoms with E-state index in [4.69, 9.17) is 0 Å². The van der Waals surface area contributed by atoms with Crippen LogP contribution in [0.5, 0.6) is 0 Å². The van der Waals surface area contributed by atoms with Gasteiger partial charge in [-0.1, -0.05) is 27.7 Å². The second-order valence-corrected chi connectivity index (χ2v) is 3.43. The van der Waals surface area contributed by atoms with Gasteiger partial charge in [-0.15, -0.1) is 0 Å². The monoisotopic (exact) mass is 161 g/mol. The van der Waals surface area contributed by atoms with Crippen LogP contribution >= 0.6 is 0 Å². The van der Waals surface area contributed by atoms with Crippen molar-refractivity contribution in [1.82, 2.24) is 5.32 Å². The predicted octanol–water partition coefficient (Wildman–Crippen LogP) is 2.23. The third-order valence-corrected chi connectivity index (χ3v) is 2.21. The van der Waals surface area contributed by atoms with E-state index >= 15 is 0 Å². The van der Waals surface area contributed by atoms with Crippen LogP contribution in [0.3, 0.4) is 0 Å². The van der Waals surface area contributed by atoms with E-state index < -0.39 is 6.17 Å². The zero-order valence-electron chi connectivity index (χ0n) is 8.02. The topological polar surface area (TPSA) is 12.0 Å². The van der Waals surface area contributed by atoms with Crippen molar-refractivity contribution in [3.8, 4) is 0 Å². The summed E-state index contributed by atoms with van der Waals surface area (Å²) in [6.07, 6.45) is -0.699. The highest BCUT2D eigenvalue weighted by molar-refractivity contribution is 4.69. The Morgan fingerprint density at radius 3 is 2.18 bits per heavy atom. The van der Waals surface area contributed by atoms with E-state index in [0.717, 1.165) is 6.54 Å². The van der Waals surface area contributed by atoms with Crippen molar-refractivity contribution >= 4 is 0 Å². The lowest BCUT2D eigenvalue weighted by Gasteiger charge is -2.20. The second-order valence-electron chi connectivity index (χ2n) is 3.43. The Hall–Kier alpha value is -0.110. The SMILES string of the molecule is CCNCC(F)[C@@H](C)C(C)C. The summed E-state index contributed by atoms with van der Waals surface area (Å²) in [5.41, 5.74) is 0. The van der Waals surface area contributed by atoms with Crippen molar-refractivity contribution in [2.24, 2.45) is 11.8 Å². The average Bonchev–Trinajstić information content (AvgIpc) is 1.98. The van der Waals surface area contributed by atoms with Crippen LogP contribution in [0.1, 0.15) is 27.7 Å². The summed E-state index contributed by atoms with van der Waals surface area (Å²) < 4.78 is 13.2. The molecule has 0 heterocycles. The van der Waals surface area contributed by atoms with E-state index in [9.17, 15) is 4.39 Å². The van der Waals surface area contributed by atoms with Crippen molar-refractivity contribution in [2.45, 2.75) is 33.9 Å². The largest absolute Gasteiger partial charge is 0.314 e. The fourth-order valence-corrected chi connectivity index (χ4v) is 0.886. The van der Waals surface area contributed by atoms with Gasteiger partial charge in [0.2, 0.25) is 0 Å². The zero-order chi connectivity index (χ0) is 8.85. The maximum atomic E-state index is 13.2. The van der Waals surface area contributed by atoms with Crippen LogP contribution < -0.4 is 5.32 Å². The Balaban J connectivity index is 3.55. The molecule has 0 radical (unpaired) electrons. The molecule has 1 unspecified atom stereocenters. The Kier molecular flexibility index (Phi) is 5.47. The van der Waals surface area contributed by atoms with Crippen LogP contribution in [-0.4, -0.2) is 19.3 Å². The van der Waals surface area contributed by atoms with Gasteiger partial charge >= 0.3 is 0 Å². The third-order valence-electron chi connectivity index (χ3n) is 2.21. The van der Waals surface area contributed by atoms with E-state index in [1.807, 2.05) is 13.8 Å². The van der Waals surface area contributed by atoms with E-state index in [1.165, 1.54) is 0 Å². The van der Waals surface area contributed by atoms with Gasteiger partial charge in [0, 0.05) is 6.54 Å². The quantitative estimate of drug-likeness (QED) is 0.652. The highest BCUT2D eigenvalue weighted by atomic mass is 19.1. The first kappa shape index (κ1) is 10.9. The van der Waals surface area contributed by atoms with E-state index in [2.05, 4.69) is 19.2 Å². The normalized spacial score (nSPS) is 16.9. The minimum absolute atomic E-state index is 0.161. The lowest BCUT2D eigenvalue weighted by atomic mass is 9.93. The lowest BCUT2D eigenvalue weighted by molar-refractivity contribution is 0.192. The lowest BCUT2D eigenvalue weighted by Crippen LogP contribution is -2.30. The van der Waals surface area contributed by atoms with Crippen molar-refractivity contribution in [3.63, 3.8) is 0 Å². The molecule has 1 nitrogen and oxygen atoms in total. The summed E-state index contributed by atoms with van der Waals surface area (Å²) in [7, 11) is 0. The summed E-state index contributed by atoms with van der Waals surface area (Å²) in [5.74, 6) is 0.595. The summed E-state index contributed by atoms with van der Waals surface area (Å²) in [6, 6.07) is 0. The summed E-state index contributed by atoms with van der Waals surface area (Å²) in [6.45, 7) is 9.42. The molecule has 1 N–H and O–H groups in total. The van der Waals surface area contributed by atoms with Gasteiger partial charge in [0.1, 0.15) is 6.17 Å². The highest BCUT2D eigenvalue weighted by Crippen LogP contribution is 2.16. The van der Waals surface area contributed by atoms with Crippen LogP contribution in [0.2, 0.25) is 0 Å². The molecule has 0 aromatic carbocycles. The first-order valence-corrected chi connectivity index (χ1v) is 4.44. The molecule has 68 valence electrons. The minimum atomic E-state index is -0.699. The predicted molar refractivity (Wildman–Crippen MR) is 47.4 cm³/mol. The molecule has 0 aromatic rings. The number of nitrogens with one attached hydrogen (secondary N) is 1. The Labute approximate surface area is 69.4 Å². The van der Waals surface area contributed by atoms with Crippen LogP contribution in [0.4, 0.5) is 4.39 Å². The van der Waals surface area contributed by atoms with Crippen molar-refractivity contribution in [1.29, 1.82) is 0 Å². The molecule has 0 amide bonds. The van der Waals surface area contributed by atoms with Gasteiger partial charge in [-0.3, -0.25) is 0 Å². The Morgan fingerprint density at radius 2 is 1.82 bits per heavy atom. The highest BCUT2D eigenvalue weighted by Gasteiger charge is 2.18. The summed E-state index contributed by atoms with van der Waals surface area (Å²) in [4.78, 5) is 0. The molecule has 0 aliphatic heterocycles. The molecule has 11 heavy (non-hydrogen) atoms. The van der Waals surface area contributed by atoms with Crippen LogP contribution in [0.15, 0.2) is 0 Å². The molecule has 0 bridgehead atoms. The molecule has 0 spiro atoms. The second kappa shape index (κ2) is 5.53. The van der Waals surface area contributed by atoms with Crippen LogP contribution in [0, 0.1) is 11.8 Å². The number of rotatable bonds is 5. The summed E-state index contributed by atoms with van der Waals surface area (Å²) in [5, 5.41) is 3.01. The molecule has 0 aromatic heterocycles. The van der Waals surface area contributed by atoms with Crippen molar-refractivity contribution < 1.29 is 4.39 Å². The standard InChI is InChI=1S/C9H20FN/c1-5-11-6-9(10)8(4)7(2)3/h7-9,11H,5-6H2,1-4H3/t8-,9?/m0/s1. The zero-order valence-corrected chi connectivity index (χ0v) is 8.02. The van der Waals surface area contributed by atoms with Gasteiger partial charge in [0.25, 0.3) is 0 Å². The van der Waals surface area contributed by atoms with Gasteiger partial charge in [0.15, 0.2) is 0 Å². The van der Waals surface area contributed by atoms with Gasteiger partial charge in [0.05, 0.1) is 0 Å². The fraction of sp³-hybridized carbons (Fsp3) is 1.00. The molecule has 0 fully saturated rings. The number of alkyl halides is 1. The molecule has 2 atom stereocenters. The molecule has 2 heteroatoms. The molecule has 0 aliphatic carbocycles. The van der Waals surface area contributed by atoms with Gasteiger partial charge < -0.3 is 5.32 Å². The van der Waals surface area contributed by atoms with Gasteiger partial charge in [-0.05, 0) is 18.4 Å². The molecular formula is C9H20FN. The van der Waals surface area contributed by atoms with Gasteiger partial charge in [-0.25, -0.2) is 4.39 Å².